The first kappa shape index (κ1) is 20.9. The van der Waals surface area contributed by atoms with Gasteiger partial charge in [0.05, 0.1) is 0 Å². The number of hydrogen-bond acceptors (Lipinski definition) is 7. The molecule has 2 amide bonds. The first-order valence-electron chi connectivity index (χ1n) is 8.60. The number of carbonyl (C=O) groups is 2. The minimum atomic E-state index is -4.07. The number of thioether (sulfide) groups is 1. The summed E-state index contributed by atoms with van der Waals surface area (Å²) in [4.78, 5) is 23.5. The first-order valence-corrected chi connectivity index (χ1v) is 10.9. The lowest BCUT2D eigenvalue weighted by molar-refractivity contribution is -0.129. The molecule has 10 heteroatoms. The number of nitrogens with one attached hydrogen (secondary N) is 1. The van der Waals surface area contributed by atoms with Crippen LogP contribution in [-0.2, 0) is 19.7 Å². The second-order valence-electron chi connectivity index (χ2n) is 6.31. The number of amides is 2. The van der Waals surface area contributed by atoms with Gasteiger partial charge < -0.3 is 9.50 Å². The molecule has 1 N–H and O–H groups in total. The van der Waals surface area contributed by atoms with Crippen LogP contribution < -0.4 is 9.50 Å². The van der Waals surface area contributed by atoms with Crippen molar-refractivity contribution in [3.63, 3.8) is 0 Å². The molecule has 0 radical (unpaired) electrons. The van der Waals surface area contributed by atoms with Crippen molar-refractivity contribution in [2.24, 2.45) is 5.10 Å². The van der Waals surface area contributed by atoms with Crippen molar-refractivity contribution in [3.05, 3.63) is 59.7 Å². The van der Waals surface area contributed by atoms with Gasteiger partial charge in [0.2, 0.25) is 11.8 Å². The van der Waals surface area contributed by atoms with E-state index in [1.807, 2.05) is 6.92 Å². The highest BCUT2D eigenvalue weighted by atomic mass is 32.2. The van der Waals surface area contributed by atoms with Gasteiger partial charge in [0.15, 0.2) is 5.17 Å². The summed E-state index contributed by atoms with van der Waals surface area (Å²) in [7, 11) is -4.07. The summed E-state index contributed by atoms with van der Waals surface area (Å²) in [6, 6.07) is 12.8. The maximum atomic E-state index is 12.7. The van der Waals surface area contributed by atoms with E-state index in [0.717, 1.165) is 17.3 Å². The highest BCUT2D eigenvalue weighted by Gasteiger charge is 2.35. The van der Waals surface area contributed by atoms with Gasteiger partial charge in [0, 0.05) is 19.4 Å². The Hall–Kier alpha value is -2.85. The fourth-order valence-corrected chi connectivity index (χ4v) is 4.79. The van der Waals surface area contributed by atoms with Crippen molar-refractivity contribution in [1.29, 1.82) is 0 Å². The standard InChI is InChI=1S/C19H19N3O5S2/c1-12-9-10-17(27-29(25,26)15-7-5-4-6-8-15)16(11-12)18-22(14(3)24)21-19(28-18)20-13(2)23/h4-11,18H,1-3H3,(H,20,21,23)/t18-/m0/s1. The summed E-state index contributed by atoms with van der Waals surface area (Å²) >= 11 is 1.12. The van der Waals surface area contributed by atoms with E-state index in [1.54, 1.807) is 36.4 Å². The summed E-state index contributed by atoms with van der Waals surface area (Å²) in [6.45, 7) is 4.51. The van der Waals surface area contributed by atoms with Crippen LogP contribution in [0.1, 0.15) is 30.3 Å². The van der Waals surface area contributed by atoms with E-state index in [9.17, 15) is 18.0 Å². The Bertz CT molecular complexity index is 1080. The predicted molar refractivity (Wildman–Crippen MR) is 110 cm³/mol. The molecule has 29 heavy (non-hydrogen) atoms. The number of nitrogens with zero attached hydrogens (tertiary/aromatic N) is 2. The topological polar surface area (TPSA) is 105 Å². The fourth-order valence-electron chi connectivity index (χ4n) is 2.66. The zero-order valence-corrected chi connectivity index (χ0v) is 17.6. The van der Waals surface area contributed by atoms with Gasteiger partial charge in [-0.05, 0) is 31.2 Å². The van der Waals surface area contributed by atoms with E-state index in [4.69, 9.17) is 4.18 Å². The molecule has 1 atom stereocenters. The van der Waals surface area contributed by atoms with E-state index in [2.05, 4.69) is 10.4 Å². The molecule has 152 valence electrons. The molecule has 1 aliphatic rings. The van der Waals surface area contributed by atoms with Crippen LogP contribution in [0.4, 0.5) is 0 Å². The maximum absolute atomic E-state index is 12.7. The highest BCUT2D eigenvalue weighted by molar-refractivity contribution is 8.14. The molecule has 0 saturated heterocycles. The van der Waals surface area contributed by atoms with Gasteiger partial charge in [-0.1, -0.05) is 41.6 Å². The Morgan fingerprint density at radius 1 is 1.14 bits per heavy atom. The number of carbonyl (C=O) groups excluding carboxylic acids is 2. The molecular weight excluding hydrogens is 414 g/mol. The van der Waals surface area contributed by atoms with Crippen LogP contribution in [0, 0.1) is 6.92 Å². The molecule has 0 spiro atoms. The fraction of sp³-hybridized carbons (Fsp3) is 0.211. The van der Waals surface area contributed by atoms with Crippen LogP contribution in [0.25, 0.3) is 0 Å². The summed E-state index contributed by atoms with van der Waals surface area (Å²) < 4.78 is 30.8. The largest absolute Gasteiger partial charge is 0.379 e. The lowest BCUT2D eigenvalue weighted by Gasteiger charge is -2.22. The second kappa shape index (κ2) is 8.26. The molecule has 0 aliphatic carbocycles. The Morgan fingerprint density at radius 3 is 2.45 bits per heavy atom. The third-order valence-corrected chi connectivity index (χ3v) is 6.24. The molecule has 1 heterocycles. The minimum Gasteiger partial charge on any atom is -0.379 e. The average molecular weight is 434 g/mol. The van der Waals surface area contributed by atoms with Gasteiger partial charge >= 0.3 is 10.1 Å². The average Bonchev–Trinajstić information content (AvgIpc) is 3.07. The molecule has 0 unspecified atom stereocenters. The monoisotopic (exact) mass is 433 g/mol. The zero-order chi connectivity index (χ0) is 21.2. The van der Waals surface area contributed by atoms with Gasteiger partial charge in [-0.2, -0.15) is 8.42 Å². The number of benzene rings is 2. The molecule has 0 aromatic heterocycles. The van der Waals surface area contributed by atoms with Crippen LogP contribution >= 0.6 is 11.8 Å². The van der Waals surface area contributed by atoms with Crippen molar-refractivity contribution in [1.82, 2.24) is 10.3 Å². The first-order chi connectivity index (χ1) is 13.7. The van der Waals surface area contributed by atoms with Crippen molar-refractivity contribution in [2.75, 3.05) is 0 Å². The molecular formula is C19H19N3O5S2. The van der Waals surface area contributed by atoms with Crippen LogP contribution in [0.5, 0.6) is 5.75 Å². The molecule has 2 aromatic rings. The number of hydrazone groups is 1. The normalized spacial score (nSPS) is 16.3. The number of aryl methyl sites for hydroxylation is 1. The third-order valence-electron chi connectivity index (χ3n) is 3.91. The molecule has 1 aliphatic heterocycles. The number of hydrogen-bond donors (Lipinski definition) is 1. The van der Waals surface area contributed by atoms with E-state index in [-0.39, 0.29) is 27.6 Å². The zero-order valence-electron chi connectivity index (χ0n) is 15.9. The molecule has 2 aromatic carbocycles. The Kier molecular flexibility index (Phi) is 5.94. The summed E-state index contributed by atoms with van der Waals surface area (Å²) in [5, 5.41) is 7.44. The van der Waals surface area contributed by atoms with Crippen LogP contribution in [-0.4, -0.2) is 30.4 Å². The predicted octanol–water partition coefficient (Wildman–Crippen LogP) is 2.76. The van der Waals surface area contributed by atoms with Crippen LogP contribution in [0.2, 0.25) is 0 Å². The van der Waals surface area contributed by atoms with Gasteiger partial charge in [0.25, 0.3) is 0 Å². The Labute approximate surface area is 173 Å². The Balaban J connectivity index is 1.99. The SMILES string of the molecule is CC(=O)NC1=NN(C(C)=O)[C@H](c2cc(C)ccc2OS(=O)(=O)c2ccccc2)S1. The number of amidine groups is 1. The van der Waals surface area contributed by atoms with Crippen molar-refractivity contribution in [3.8, 4) is 5.75 Å². The highest BCUT2D eigenvalue weighted by Crippen LogP contribution is 2.43. The van der Waals surface area contributed by atoms with Gasteiger partial charge in [-0.3, -0.25) is 9.59 Å². The molecule has 0 fully saturated rings. The third kappa shape index (κ3) is 4.77. The van der Waals surface area contributed by atoms with Crippen molar-refractivity contribution in [2.45, 2.75) is 31.0 Å². The lowest BCUT2D eigenvalue weighted by atomic mass is 10.1. The van der Waals surface area contributed by atoms with Gasteiger partial charge in [-0.25, -0.2) is 5.01 Å². The van der Waals surface area contributed by atoms with Crippen LogP contribution in [0.15, 0.2) is 58.5 Å². The summed E-state index contributed by atoms with van der Waals surface area (Å²) in [6.07, 6.45) is 0. The second-order valence-corrected chi connectivity index (χ2v) is 8.93. The quantitative estimate of drug-likeness (QED) is 0.744. The van der Waals surface area contributed by atoms with Gasteiger partial charge in [-0.15, -0.1) is 5.10 Å². The van der Waals surface area contributed by atoms with E-state index in [0.29, 0.717) is 5.56 Å². The molecule has 0 saturated carbocycles. The minimum absolute atomic E-state index is 0.0178. The number of rotatable bonds is 4. The Morgan fingerprint density at radius 2 is 1.83 bits per heavy atom. The molecule has 3 rings (SSSR count). The molecule has 8 nitrogen and oxygen atoms in total. The molecule has 0 bridgehead atoms. The van der Waals surface area contributed by atoms with E-state index < -0.39 is 15.5 Å². The summed E-state index contributed by atoms with van der Waals surface area (Å²) in [5.41, 5.74) is 1.30. The van der Waals surface area contributed by atoms with Crippen LogP contribution in [0.3, 0.4) is 0 Å². The maximum Gasteiger partial charge on any atom is 0.339 e. The van der Waals surface area contributed by atoms with Gasteiger partial charge in [0.1, 0.15) is 16.0 Å². The van der Waals surface area contributed by atoms with Crippen molar-refractivity contribution < 1.29 is 22.2 Å². The van der Waals surface area contributed by atoms with E-state index >= 15 is 0 Å². The smallest absolute Gasteiger partial charge is 0.339 e. The van der Waals surface area contributed by atoms with E-state index in [1.165, 1.54) is 31.0 Å². The summed E-state index contributed by atoms with van der Waals surface area (Å²) in [5.74, 6) is -0.600. The lowest BCUT2D eigenvalue weighted by Crippen LogP contribution is -2.25. The van der Waals surface area contributed by atoms with Crippen molar-refractivity contribution >= 4 is 38.9 Å².